The Hall–Kier alpha value is -7.28. The second kappa shape index (κ2) is 14.4. The van der Waals surface area contributed by atoms with E-state index in [1.807, 2.05) is 91.0 Å². The summed E-state index contributed by atoms with van der Waals surface area (Å²) in [5.41, 5.74) is 11.7. The van der Waals surface area contributed by atoms with E-state index in [1.165, 1.54) is 21.8 Å². The number of aliphatic imine (C=N–C) groups is 2. The molecule has 0 bridgehead atoms. The number of nitrogens with one attached hydrogen (secondary N) is 1. The van der Waals surface area contributed by atoms with Gasteiger partial charge in [-0.2, -0.15) is 0 Å². The van der Waals surface area contributed by atoms with Crippen LogP contribution in [0.3, 0.4) is 0 Å². The molecule has 0 unspecified atom stereocenters. The molecule has 270 valence electrons. The van der Waals surface area contributed by atoms with Crippen LogP contribution in [0.25, 0.3) is 71.7 Å². The van der Waals surface area contributed by atoms with Crippen molar-refractivity contribution in [3.63, 3.8) is 0 Å². The van der Waals surface area contributed by atoms with Crippen LogP contribution in [0.15, 0.2) is 207 Å². The Kier molecular flexibility index (Phi) is 8.66. The van der Waals surface area contributed by atoms with E-state index in [0.717, 1.165) is 65.9 Å². The minimum Gasteiger partial charge on any atom is -0.456 e. The summed E-state index contributed by atoms with van der Waals surface area (Å²) in [5, 5.41) is 13.5. The Morgan fingerprint density at radius 2 is 1.19 bits per heavy atom. The number of furan rings is 1. The van der Waals surface area contributed by atoms with Crippen LogP contribution in [0.1, 0.15) is 16.7 Å². The second-order valence-electron chi connectivity index (χ2n) is 14.0. The molecule has 0 aliphatic rings. The zero-order valence-corrected chi connectivity index (χ0v) is 31.6. The summed E-state index contributed by atoms with van der Waals surface area (Å²) in [5.74, 6) is 0.581. The van der Waals surface area contributed by atoms with E-state index in [-0.39, 0.29) is 5.84 Å². The van der Waals surface area contributed by atoms with Crippen molar-refractivity contribution in [3.05, 3.63) is 205 Å². The summed E-state index contributed by atoms with van der Waals surface area (Å²) in [6.07, 6.45) is 1.78. The monoisotopic (exact) mass is 750 g/mol. The van der Waals surface area contributed by atoms with Gasteiger partial charge in [-0.3, -0.25) is 5.41 Å². The Morgan fingerprint density at radius 3 is 1.89 bits per heavy atom. The first-order chi connectivity index (χ1) is 28.1. The number of thiol groups is 1. The van der Waals surface area contributed by atoms with Crippen molar-refractivity contribution in [2.24, 2.45) is 9.98 Å². The highest BCUT2D eigenvalue weighted by Crippen LogP contribution is 2.39. The fraction of sp³-hybridized carbons (Fsp3) is 0. The smallest absolute Gasteiger partial charge is 0.161 e. The number of aromatic nitrogens is 1. The van der Waals surface area contributed by atoms with Gasteiger partial charge in [-0.25, -0.2) is 9.98 Å². The normalized spacial score (nSPS) is 12.1. The Morgan fingerprint density at radius 1 is 0.544 bits per heavy atom. The lowest BCUT2D eigenvalue weighted by Gasteiger charge is -2.12. The van der Waals surface area contributed by atoms with Gasteiger partial charge in [-0.05, 0) is 76.3 Å². The SMILES string of the molecule is N=C(N=C(N=Cc1ccccc1)c1ccccc1)c1ccc2oc3cccc(-c4ccc(-c5ccc(-n6c7ccccc7c7ccccc76)cc5S)cc4)c3c2c1. The molecule has 0 fully saturated rings. The molecule has 0 saturated heterocycles. The summed E-state index contributed by atoms with van der Waals surface area (Å²) in [6.45, 7) is 0. The molecule has 0 aliphatic carbocycles. The van der Waals surface area contributed by atoms with Gasteiger partial charge < -0.3 is 8.98 Å². The van der Waals surface area contributed by atoms with E-state index < -0.39 is 0 Å². The summed E-state index contributed by atoms with van der Waals surface area (Å²) in [6, 6.07) is 63.8. The van der Waals surface area contributed by atoms with Crippen LogP contribution in [-0.2, 0) is 0 Å². The van der Waals surface area contributed by atoms with E-state index in [2.05, 4.69) is 102 Å². The van der Waals surface area contributed by atoms with E-state index >= 15 is 0 Å². The molecule has 0 radical (unpaired) electrons. The first-order valence-corrected chi connectivity index (χ1v) is 19.2. The minimum atomic E-state index is 0.115. The highest BCUT2D eigenvalue weighted by molar-refractivity contribution is 7.80. The van der Waals surface area contributed by atoms with E-state index in [0.29, 0.717) is 11.4 Å². The third kappa shape index (κ3) is 6.32. The number of hydrogen-bond donors (Lipinski definition) is 2. The summed E-state index contributed by atoms with van der Waals surface area (Å²) >= 11 is 5.01. The predicted octanol–water partition coefficient (Wildman–Crippen LogP) is 13.2. The quantitative estimate of drug-likeness (QED) is 0.0992. The highest BCUT2D eigenvalue weighted by Gasteiger charge is 2.16. The zero-order chi connectivity index (χ0) is 38.3. The highest BCUT2D eigenvalue weighted by atomic mass is 32.1. The van der Waals surface area contributed by atoms with Gasteiger partial charge in [0, 0.05) is 49.5 Å². The Bertz CT molecular complexity index is 3140. The van der Waals surface area contributed by atoms with Crippen molar-refractivity contribution >= 4 is 74.3 Å². The van der Waals surface area contributed by atoms with Gasteiger partial charge in [0.2, 0.25) is 0 Å². The molecule has 2 aromatic heterocycles. The third-order valence-electron chi connectivity index (χ3n) is 10.5. The molecule has 0 spiro atoms. The van der Waals surface area contributed by atoms with Crippen LogP contribution in [0, 0.1) is 5.41 Å². The molecule has 0 amide bonds. The molecule has 5 nitrogen and oxygen atoms in total. The van der Waals surface area contributed by atoms with Gasteiger partial charge >= 0.3 is 0 Å². The third-order valence-corrected chi connectivity index (χ3v) is 10.9. The number of amidine groups is 2. The van der Waals surface area contributed by atoms with E-state index in [9.17, 15) is 0 Å². The van der Waals surface area contributed by atoms with Gasteiger partial charge in [0.15, 0.2) is 11.7 Å². The molecule has 8 aromatic carbocycles. The molecule has 0 aliphatic heterocycles. The standard InChI is InChI=1S/C51H34N4OS/c52-50(54-51(36-14-5-2-6-15-36)53-32-33-12-3-1-4-13-33)37-26-29-46-43(30-37)49-40(18-11-21-47(49)56-46)35-24-22-34(23-25-35)39-28-27-38(31-48(39)57)55-44-19-9-7-16-41(44)42-17-8-10-20-45(42)55/h1-32,52,57H. The first kappa shape index (κ1) is 34.2. The van der Waals surface area contributed by atoms with Crippen molar-refractivity contribution < 1.29 is 4.42 Å². The second-order valence-corrected chi connectivity index (χ2v) is 14.4. The lowest BCUT2D eigenvalue weighted by atomic mass is 9.96. The molecule has 10 rings (SSSR count). The van der Waals surface area contributed by atoms with Crippen LogP contribution >= 0.6 is 12.6 Å². The largest absolute Gasteiger partial charge is 0.456 e. The maximum atomic E-state index is 9.09. The molecule has 2 heterocycles. The fourth-order valence-electron chi connectivity index (χ4n) is 7.75. The molecule has 57 heavy (non-hydrogen) atoms. The van der Waals surface area contributed by atoms with E-state index in [1.54, 1.807) is 6.21 Å². The topological polar surface area (TPSA) is 66.6 Å². The van der Waals surface area contributed by atoms with Gasteiger partial charge in [-0.15, -0.1) is 12.6 Å². The Balaban J connectivity index is 0.986. The average Bonchev–Trinajstić information content (AvgIpc) is 3.81. The maximum absolute atomic E-state index is 9.09. The molecule has 10 aromatic rings. The van der Waals surface area contributed by atoms with E-state index in [4.69, 9.17) is 32.4 Å². The number of benzene rings is 8. The lowest BCUT2D eigenvalue weighted by molar-refractivity contribution is 0.669. The molecular formula is C51H34N4OS. The van der Waals surface area contributed by atoms with Crippen LogP contribution in [0.5, 0.6) is 0 Å². The molecule has 0 atom stereocenters. The molecule has 1 N–H and O–H groups in total. The number of hydrogen-bond acceptors (Lipinski definition) is 3. The first-order valence-electron chi connectivity index (χ1n) is 18.8. The minimum absolute atomic E-state index is 0.115. The predicted molar refractivity (Wildman–Crippen MR) is 240 cm³/mol. The van der Waals surface area contributed by atoms with Crippen LogP contribution in [0.4, 0.5) is 0 Å². The van der Waals surface area contributed by atoms with Crippen LogP contribution < -0.4 is 0 Å². The van der Waals surface area contributed by atoms with Crippen molar-refractivity contribution in [1.29, 1.82) is 5.41 Å². The Labute approximate surface area is 334 Å². The fourth-order valence-corrected chi connectivity index (χ4v) is 8.08. The average molecular weight is 751 g/mol. The van der Waals surface area contributed by atoms with Gasteiger partial charge in [0.25, 0.3) is 0 Å². The van der Waals surface area contributed by atoms with Gasteiger partial charge in [0.1, 0.15) is 11.2 Å². The van der Waals surface area contributed by atoms with Crippen molar-refractivity contribution in [1.82, 2.24) is 4.57 Å². The molecule has 6 heteroatoms. The zero-order valence-electron chi connectivity index (χ0n) is 30.7. The maximum Gasteiger partial charge on any atom is 0.161 e. The summed E-state index contributed by atoms with van der Waals surface area (Å²) < 4.78 is 8.66. The summed E-state index contributed by atoms with van der Waals surface area (Å²) in [7, 11) is 0. The number of nitrogens with zero attached hydrogens (tertiary/aromatic N) is 3. The molecule has 0 saturated carbocycles. The summed E-state index contributed by atoms with van der Waals surface area (Å²) in [4.78, 5) is 10.4. The van der Waals surface area contributed by atoms with Crippen molar-refractivity contribution in [2.45, 2.75) is 4.90 Å². The number of fused-ring (bicyclic) bond motifs is 6. The number of rotatable bonds is 6. The van der Waals surface area contributed by atoms with Gasteiger partial charge in [-0.1, -0.05) is 140 Å². The lowest BCUT2D eigenvalue weighted by Crippen LogP contribution is -2.04. The molecular weight excluding hydrogens is 717 g/mol. The van der Waals surface area contributed by atoms with Crippen molar-refractivity contribution in [3.8, 4) is 27.9 Å². The number of para-hydroxylation sites is 2. The van der Waals surface area contributed by atoms with Gasteiger partial charge in [0.05, 0.1) is 11.0 Å². The van der Waals surface area contributed by atoms with Crippen LogP contribution in [0.2, 0.25) is 0 Å². The van der Waals surface area contributed by atoms with Crippen LogP contribution in [-0.4, -0.2) is 22.5 Å². The van der Waals surface area contributed by atoms with Crippen molar-refractivity contribution in [2.75, 3.05) is 0 Å².